The number of ether oxygens (including phenoxy) is 2. The number of carbonyl (C=O) groups is 2. The van der Waals surface area contributed by atoms with Crippen molar-refractivity contribution in [2.24, 2.45) is 0 Å². The van der Waals surface area contributed by atoms with Crippen molar-refractivity contribution in [2.75, 3.05) is 13.2 Å². The van der Waals surface area contributed by atoms with Crippen LogP contribution in [0.25, 0.3) is 10.9 Å². The summed E-state index contributed by atoms with van der Waals surface area (Å²) >= 11 is 0. The number of likely N-dealkylation sites (tertiary alicyclic amines) is 1. The molecule has 2 saturated heterocycles. The average molecular weight is 628 g/mol. The van der Waals surface area contributed by atoms with E-state index in [1.54, 1.807) is 11.0 Å². The molecule has 6 rings (SSSR count). The lowest BCUT2D eigenvalue weighted by atomic mass is 9.76. The van der Waals surface area contributed by atoms with Gasteiger partial charge in [0.15, 0.2) is 0 Å². The minimum Gasteiger partial charge on any atom is -0.491 e. The number of rotatable bonds is 7. The molecular formula is C36H46BN3O6. The third-order valence-electron chi connectivity index (χ3n) is 9.78. The fraction of sp³-hybridized carbons (Fsp3) is 0.528. The van der Waals surface area contributed by atoms with Crippen molar-refractivity contribution in [2.45, 2.75) is 110 Å². The minimum absolute atomic E-state index is 0.0649. The van der Waals surface area contributed by atoms with Crippen molar-refractivity contribution in [3.63, 3.8) is 0 Å². The maximum Gasteiger partial charge on any atom is 0.494 e. The topological polar surface area (TPSA) is 99.2 Å². The quantitative estimate of drug-likeness (QED) is 0.323. The second kappa shape index (κ2) is 11.3. The van der Waals surface area contributed by atoms with Gasteiger partial charge >= 0.3 is 13.2 Å². The van der Waals surface area contributed by atoms with Crippen LogP contribution in [0, 0.1) is 13.8 Å². The highest BCUT2D eigenvalue weighted by atomic mass is 16.7. The highest BCUT2D eigenvalue weighted by Crippen LogP contribution is 2.48. The summed E-state index contributed by atoms with van der Waals surface area (Å²) in [6.45, 7) is 18.6. The Morgan fingerprint density at radius 1 is 1.02 bits per heavy atom. The summed E-state index contributed by atoms with van der Waals surface area (Å²) in [7, 11) is -0.542. The summed E-state index contributed by atoms with van der Waals surface area (Å²) in [4.78, 5) is 33.0. The molecule has 3 fully saturated rings. The van der Waals surface area contributed by atoms with E-state index in [4.69, 9.17) is 23.8 Å². The Morgan fingerprint density at radius 3 is 2.33 bits per heavy atom. The van der Waals surface area contributed by atoms with E-state index < -0.39 is 29.5 Å². The summed E-state index contributed by atoms with van der Waals surface area (Å²) in [5.41, 5.74) is 3.06. The standard InChI is InChI=1S/C36H46BN3O6/c1-22-10-12-26(43-21-25-14-17-40(25)32(42)44-33(3,4)5)20-28(22)31(41)39-36(15-16-36)29-18-24(19-30-27(29)13-11-23(2)38-30)37-45-34(6,7)35(8,9)46-37/h10-13,18-20,25H,14-17,21H2,1-9H3,(H,39,41)/t25-/m0/s1. The van der Waals surface area contributed by atoms with Crippen LogP contribution >= 0.6 is 0 Å². The zero-order chi connectivity index (χ0) is 33.2. The Kier molecular flexibility index (Phi) is 7.92. The van der Waals surface area contributed by atoms with Gasteiger partial charge in [0.1, 0.15) is 18.0 Å². The Hall–Kier alpha value is -3.63. The Labute approximate surface area is 272 Å². The van der Waals surface area contributed by atoms with E-state index in [1.807, 2.05) is 86.6 Å². The van der Waals surface area contributed by atoms with Gasteiger partial charge in [-0.3, -0.25) is 9.78 Å². The average Bonchev–Trinajstić information content (AvgIpc) is 3.66. The number of fused-ring (bicyclic) bond motifs is 1. The highest BCUT2D eigenvalue weighted by molar-refractivity contribution is 6.62. The number of pyridine rings is 1. The van der Waals surface area contributed by atoms with Crippen LogP contribution in [0.1, 0.15) is 94.9 Å². The number of amides is 2. The van der Waals surface area contributed by atoms with E-state index in [9.17, 15) is 9.59 Å². The summed E-state index contributed by atoms with van der Waals surface area (Å²) in [5, 5.41) is 4.39. The molecule has 46 heavy (non-hydrogen) atoms. The van der Waals surface area contributed by atoms with Crippen molar-refractivity contribution in [1.29, 1.82) is 0 Å². The number of carbonyl (C=O) groups excluding carboxylic acids is 2. The maximum absolute atomic E-state index is 13.9. The van der Waals surface area contributed by atoms with Gasteiger partial charge < -0.3 is 29.0 Å². The smallest absolute Gasteiger partial charge is 0.491 e. The first-order chi connectivity index (χ1) is 21.5. The molecule has 1 aromatic heterocycles. The lowest BCUT2D eigenvalue weighted by Gasteiger charge is -2.41. The normalized spacial score (nSPS) is 21.1. The Morgan fingerprint density at radius 2 is 1.72 bits per heavy atom. The van der Waals surface area contributed by atoms with Gasteiger partial charge in [0, 0.05) is 23.2 Å². The second-order valence-electron chi connectivity index (χ2n) is 15.1. The maximum atomic E-state index is 13.9. The first-order valence-electron chi connectivity index (χ1n) is 16.3. The zero-order valence-electron chi connectivity index (χ0n) is 28.6. The number of hydrogen-bond donors (Lipinski definition) is 1. The number of hydrogen-bond acceptors (Lipinski definition) is 7. The van der Waals surface area contributed by atoms with Crippen LogP contribution in [0.4, 0.5) is 4.79 Å². The van der Waals surface area contributed by atoms with Crippen LogP contribution in [0.15, 0.2) is 42.5 Å². The molecule has 3 aliphatic rings. The van der Waals surface area contributed by atoms with E-state index >= 15 is 0 Å². The van der Waals surface area contributed by atoms with Crippen molar-refractivity contribution in [3.05, 3.63) is 64.8 Å². The number of aryl methyl sites for hydroxylation is 2. The largest absolute Gasteiger partial charge is 0.494 e. The monoisotopic (exact) mass is 627 g/mol. The molecule has 9 nitrogen and oxygen atoms in total. The summed E-state index contributed by atoms with van der Waals surface area (Å²) in [6.07, 6.45) is 2.14. The zero-order valence-corrected chi connectivity index (χ0v) is 28.6. The van der Waals surface area contributed by atoms with Crippen molar-refractivity contribution < 1.29 is 28.4 Å². The highest BCUT2D eigenvalue weighted by Gasteiger charge is 2.53. The van der Waals surface area contributed by atoms with Crippen LogP contribution < -0.4 is 15.5 Å². The summed E-state index contributed by atoms with van der Waals surface area (Å²) in [5.74, 6) is 0.429. The molecular weight excluding hydrogens is 581 g/mol. The van der Waals surface area contributed by atoms with E-state index in [0.29, 0.717) is 24.5 Å². The third-order valence-corrected chi connectivity index (χ3v) is 9.78. The molecule has 0 bridgehead atoms. The molecule has 1 N–H and O–H groups in total. The number of aromatic nitrogens is 1. The van der Waals surface area contributed by atoms with E-state index in [0.717, 1.165) is 52.4 Å². The van der Waals surface area contributed by atoms with E-state index in [2.05, 4.69) is 17.4 Å². The minimum atomic E-state index is -0.550. The van der Waals surface area contributed by atoms with Gasteiger partial charge in [0.05, 0.1) is 28.3 Å². The van der Waals surface area contributed by atoms with Crippen LogP contribution in [0.5, 0.6) is 5.75 Å². The number of nitrogens with one attached hydrogen (secondary N) is 1. The third kappa shape index (κ3) is 6.21. The molecule has 0 spiro atoms. The van der Waals surface area contributed by atoms with Gasteiger partial charge in [0.25, 0.3) is 5.91 Å². The fourth-order valence-electron chi connectivity index (χ4n) is 6.04. The first kappa shape index (κ1) is 32.3. The molecule has 1 atom stereocenters. The Balaban J connectivity index is 1.22. The molecule has 3 aromatic rings. The van der Waals surface area contributed by atoms with Crippen molar-refractivity contribution in [1.82, 2.24) is 15.2 Å². The SMILES string of the molecule is Cc1ccc2c(C3(NC(=O)c4cc(OC[C@@H]5CCN5C(=O)OC(C)(C)C)ccc4C)CC3)cc(B3OC(C)(C)C(C)(C)O3)cc2n1. The lowest BCUT2D eigenvalue weighted by Crippen LogP contribution is -2.55. The fourth-order valence-corrected chi connectivity index (χ4v) is 6.04. The second-order valence-corrected chi connectivity index (χ2v) is 15.1. The molecule has 2 amide bonds. The van der Waals surface area contributed by atoms with Crippen LogP contribution in [0.2, 0.25) is 0 Å². The molecule has 1 aliphatic carbocycles. The molecule has 10 heteroatoms. The molecule has 244 valence electrons. The van der Waals surface area contributed by atoms with Crippen LogP contribution in [0.3, 0.4) is 0 Å². The Bertz CT molecular complexity index is 1680. The van der Waals surface area contributed by atoms with E-state index in [1.165, 1.54) is 0 Å². The molecule has 0 unspecified atom stereocenters. The summed E-state index contributed by atoms with van der Waals surface area (Å²) in [6, 6.07) is 13.8. The van der Waals surface area contributed by atoms with Gasteiger partial charge in [-0.05, 0) is 122 Å². The van der Waals surface area contributed by atoms with Gasteiger partial charge in [-0.2, -0.15) is 0 Å². The molecule has 1 saturated carbocycles. The predicted octanol–water partition coefficient (Wildman–Crippen LogP) is 5.96. The van der Waals surface area contributed by atoms with E-state index in [-0.39, 0.29) is 18.0 Å². The first-order valence-corrected chi connectivity index (χ1v) is 16.3. The van der Waals surface area contributed by atoms with Crippen LogP contribution in [-0.2, 0) is 19.6 Å². The lowest BCUT2D eigenvalue weighted by molar-refractivity contribution is -0.0141. The van der Waals surface area contributed by atoms with Gasteiger partial charge in [-0.15, -0.1) is 0 Å². The number of benzene rings is 2. The summed E-state index contributed by atoms with van der Waals surface area (Å²) < 4.78 is 24.5. The van der Waals surface area contributed by atoms with Crippen molar-refractivity contribution >= 4 is 35.5 Å². The molecule has 0 radical (unpaired) electrons. The molecule has 2 aliphatic heterocycles. The van der Waals surface area contributed by atoms with Gasteiger partial charge in [-0.25, -0.2) is 4.79 Å². The number of nitrogens with zero attached hydrogens (tertiary/aromatic N) is 2. The predicted molar refractivity (Wildman–Crippen MR) is 179 cm³/mol. The van der Waals surface area contributed by atoms with Gasteiger partial charge in [-0.1, -0.05) is 18.2 Å². The molecule has 2 aromatic carbocycles. The molecule has 3 heterocycles. The van der Waals surface area contributed by atoms with Crippen LogP contribution in [-0.4, -0.2) is 65.0 Å². The van der Waals surface area contributed by atoms with Crippen molar-refractivity contribution in [3.8, 4) is 5.75 Å². The van der Waals surface area contributed by atoms with Gasteiger partial charge in [0.2, 0.25) is 0 Å².